The van der Waals surface area contributed by atoms with Crippen LogP contribution in [0.2, 0.25) is 0 Å². The Kier molecular flexibility index (Phi) is 4.00. The van der Waals surface area contributed by atoms with Crippen molar-refractivity contribution in [1.29, 1.82) is 0 Å². The van der Waals surface area contributed by atoms with E-state index in [-0.39, 0.29) is 16.2 Å². The fraction of sp³-hybridized carbons (Fsp3) is 0.455. The molecule has 0 N–H and O–H groups in total. The zero-order valence-electron chi connectivity index (χ0n) is 11.0. The SMILES string of the molecule is CC(C)(C)c1cc(OS(C)(=O)=O)ccc1S(=O)(=O)[O-]. The zero-order valence-corrected chi connectivity index (χ0v) is 12.6. The van der Waals surface area contributed by atoms with Gasteiger partial charge in [-0.3, -0.25) is 0 Å². The molecule has 108 valence electrons. The first-order valence-electron chi connectivity index (χ1n) is 5.30. The molecule has 1 aromatic rings. The second-order valence-electron chi connectivity index (χ2n) is 5.15. The van der Waals surface area contributed by atoms with Gasteiger partial charge in [0.15, 0.2) is 0 Å². The molecular formula is C11H15O6S2-. The Balaban J connectivity index is 3.49. The molecule has 0 bridgehead atoms. The fourth-order valence-corrected chi connectivity index (χ4v) is 2.86. The second kappa shape index (κ2) is 4.77. The largest absolute Gasteiger partial charge is 0.744 e. The van der Waals surface area contributed by atoms with Gasteiger partial charge in [0, 0.05) is 0 Å². The summed E-state index contributed by atoms with van der Waals surface area (Å²) >= 11 is 0. The lowest BCUT2D eigenvalue weighted by atomic mass is 9.87. The van der Waals surface area contributed by atoms with Gasteiger partial charge >= 0.3 is 10.1 Å². The van der Waals surface area contributed by atoms with Crippen LogP contribution in [-0.2, 0) is 25.7 Å². The van der Waals surface area contributed by atoms with E-state index in [0.29, 0.717) is 0 Å². The number of hydrogen-bond donors (Lipinski definition) is 0. The molecule has 0 fully saturated rings. The summed E-state index contributed by atoms with van der Waals surface area (Å²) in [6, 6.07) is 3.45. The van der Waals surface area contributed by atoms with E-state index in [9.17, 15) is 21.4 Å². The molecule has 0 radical (unpaired) electrons. The highest BCUT2D eigenvalue weighted by molar-refractivity contribution is 7.86. The Morgan fingerprint density at radius 1 is 1.11 bits per heavy atom. The molecule has 0 saturated carbocycles. The average molecular weight is 307 g/mol. The van der Waals surface area contributed by atoms with E-state index in [1.165, 1.54) is 6.07 Å². The first kappa shape index (κ1) is 15.9. The third-order valence-electron chi connectivity index (χ3n) is 2.28. The standard InChI is InChI=1S/C11H16O6S2/c1-11(2,3)9-7-8(17-18(4,12)13)5-6-10(9)19(14,15)16/h5-7H,1-4H3,(H,14,15,16)/p-1. The van der Waals surface area contributed by atoms with Gasteiger partial charge in [-0.1, -0.05) is 20.8 Å². The van der Waals surface area contributed by atoms with Gasteiger partial charge < -0.3 is 8.74 Å². The first-order chi connectivity index (χ1) is 8.31. The molecule has 0 spiro atoms. The zero-order chi connectivity index (χ0) is 15.1. The Hall–Kier alpha value is -1.12. The van der Waals surface area contributed by atoms with Crippen molar-refractivity contribution in [3.8, 4) is 5.75 Å². The monoisotopic (exact) mass is 307 g/mol. The van der Waals surface area contributed by atoms with E-state index in [2.05, 4.69) is 4.18 Å². The minimum Gasteiger partial charge on any atom is -0.744 e. The minimum atomic E-state index is -4.63. The van der Waals surface area contributed by atoms with Crippen molar-refractivity contribution in [2.24, 2.45) is 0 Å². The summed E-state index contributed by atoms with van der Waals surface area (Å²) in [6.45, 7) is 5.13. The van der Waals surface area contributed by atoms with Crippen molar-refractivity contribution in [3.63, 3.8) is 0 Å². The summed E-state index contributed by atoms with van der Waals surface area (Å²) in [7, 11) is -8.35. The van der Waals surface area contributed by atoms with E-state index < -0.39 is 25.7 Å². The highest BCUT2D eigenvalue weighted by Gasteiger charge is 2.22. The van der Waals surface area contributed by atoms with E-state index in [0.717, 1.165) is 18.4 Å². The molecule has 1 rings (SSSR count). The van der Waals surface area contributed by atoms with Crippen LogP contribution >= 0.6 is 0 Å². The quantitative estimate of drug-likeness (QED) is 0.615. The molecule has 0 atom stereocenters. The van der Waals surface area contributed by atoms with E-state index in [1.807, 2.05) is 0 Å². The summed E-state index contributed by atoms with van der Waals surface area (Å²) in [4.78, 5) is -0.374. The van der Waals surface area contributed by atoms with E-state index >= 15 is 0 Å². The Labute approximate surface area is 113 Å². The average Bonchev–Trinajstić information content (AvgIpc) is 2.11. The van der Waals surface area contributed by atoms with Crippen LogP contribution in [0.15, 0.2) is 23.1 Å². The van der Waals surface area contributed by atoms with Crippen LogP contribution in [0, 0.1) is 0 Å². The predicted octanol–water partition coefficient (Wildman–Crippen LogP) is 1.23. The second-order valence-corrected chi connectivity index (χ2v) is 8.07. The van der Waals surface area contributed by atoms with Gasteiger partial charge in [0.2, 0.25) is 0 Å². The fourth-order valence-electron chi connectivity index (χ4n) is 1.54. The highest BCUT2D eigenvalue weighted by atomic mass is 32.2. The maximum atomic E-state index is 11.2. The normalized spacial score (nSPS) is 13.3. The Bertz CT molecular complexity index is 680. The van der Waals surface area contributed by atoms with Crippen LogP contribution in [-0.4, -0.2) is 27.6 Å². The lowest BCUT2D eigenvalue weighted by Crippen LogP contribution is -2.17. The topological polar surface area (TPSA) is 101 Å². The molecule has 0 aliphatic carbocycles. The first-order valence-corrected chi connectivity index (χ1v) is 8.53. The van der Waals surface area contributed by atoms with Gasteiger partial charge in [0.05, 0.1) is 11.2 Å². The molecule has 0 aliphatic rings. The minimum absolute atomic E-state index is 0.0279. The third kappa shape index (κ3) is 4.48. The van der Waals surface area contributed by atoms with Gasteiger partial charge in [0.1, 0.15) is 15.9 Å². The molecule has 0 unspecified atom stereocenters. The molecule has 1 aromatic carbocycles. The Morgan fingerprint density at radius 3 is 2.00 bits per heavy atom. The molecule has 0 heterocycles. The summed E-state index contributed by atoms with van der Waals surface area (Å²) in [5.41, 5.74) is -0.437. The van der Waals surface area contributed by atoms with Crippen LogP contribution < -0.4 is 4.18 Å². The van der Waals surface area contributed by atoms with Gasteiger partial charge in [-0.15, -0.1) is 0 Å². The van der Waals surface area contributed by atoms with Crippen molar-refractivity contribution in [1.82, 2.24) is 0 Å². The molecule has 0 saturated heterocycles. The van der Waals surface area contributed by atoms with Crippen molar-refractivity contribution in [2.45, 2.75) is 31.1 Å². The van der Waals surface area contributed by atoms with Crippen molar-refractivity contribution in [2.75, 3.05) is 6.26 Å². The Morgan fingerprint density at radius 2 is 1.63 bits per heavy atom. The van der Waals surface area contributed by atoms with Crippen molar-refractivity contribution < 1.29 is 25.6 Å². The molecule has 8 heteroatoms. The summed E-state index contributed by atoms with van der Waals surface area (Å²) in [5.74, 6) is -0.0279. The van der Waals surface area contributed by atoms with Crippen molar-refractivity contribution >= 4 is 20.2 Å². The molecule has 0 aliphatic heterocycles. The number of hydrogen-bond acceptors (Lipinski definition) is 6. The maximum Gasteiger partial charge on any atom is 0.306 e. The van der Waals surface area contributed by atoms with Gasteiger partial charge in [-0.2, -0.15) is 8.42 Å². The van der Waals surface area contributed by atoms with Crippen LogP contribution in [0.5, 0.6) is 5.75 Å². The van der Waals surface area contributed by atoms with Gasteiger partial charge in [-0.05, 0) is 29.2 Å². The van der Waals surface area contributed by atoms with Crippen LogP contribution in [0.3, 0.4) is 0 Å². The van der Waals surface area contributed by atoms with Crippen LogP contribution in [0.1, 0.15) is 26.3 Å². The third-order valence-corrected chi connectivity index (χ3v) is 3.67. The lowest BCUT2D eigenvalue weighted by Gasteiger charge is -2.24. The molecule has 0 amide bonds. The summed E-state index contributed by atoms with van der Waals surface area (Å²) in [5, 5.41) is 0. The van der Waals surface area contributed by atoms with E-state index in [4.69, 9.17) is 0 Å². The van der Waals surface area contributed by atoms with Crippen molar-refractivity contribution in [3.05, 3.63) is 23.8 Å². The maximum absolute atomic E-state index is 11.2. The molecule has 19 heavy (non-hydrogen) atoms. The van der Waals surface area contributed by atoms with E-state index in [1.54, 1.807) is 20.8 Å². The molecule has 6 nitrogen and oxygen atoms in total. The van der Waals surface area contributed by atoms with Crippen LogP contribution in [0.25, 0.3) is 0 Å². The molecule has 0 aromatic heterocycles. The van der Waals surface area contributed by atoms with Gasteiger partial charge in [-0.25, -0.2) is 8.42 Å². The number of benzene rings is 1. The number of rotatable bonds is 3. The predicted molar refractivity (Wildman–Crippen MR) is 68.6 cm³/mol. The lowest BCUT2D eigenvalue weighted by molar-refractivity contribution is 0.456. The summed E-state index contributed by atoms with van der Waals surface area (Å²) in [6.07, 6.45) is 0.877. The smallest absolute Gasteiger partial charge is 0.306 e. The highest BCUT2D eigenvalue weighted by Crippen LogP contribution is 2.32. The summed E-state index contributed by atoms with van der Waals surface area (Å²) < 4.78 is 60.3. The van der Waals surface area contributed by atoms with Gasteiger partial charge in [0.25, 0.3) is 0 Å². The van der Waals surface area contributed by atoms with Crippen LogP contribution in [0.4, 0.5) is 0 Å². The molecular weight excluding hydrogens is 292 g/mol.